The molecule has 112 valence electrons. The van der Waals surface area contributed by atoms with Gasteiger partial charge in [0.05, 0.1) is 11.4 Å². The maximum atomic E-state index is 7.90. The third kappa shape index (κ3) is 2.98. The number of hydrogen-bond acceptors (Lipinski definition) is 3. The van der Waals surface area contributed by atoms with E-state index in [0.29, 0.717) is 5.71 Å². The predicted molar refractivity (Wildman–Crippen MR) is 93.8 cm³/mol. The van der Waals surface area contributed by atoms with Crippen LogP contribution in [0.1, 0.15) is 29.5 Å². The van der Waals surface area contributed by atoms with Gasteiger partial charge in [-0.05, 0) is 61.1 Å². The molecule has 2 aliphatic rings. The third-order valence-corrected chi connectivity index (χ3v) is 4.21. The van der Waals surface area contributed by atoms with Crippen LogP contribution >= 0.6 is 0 Å². The van der Waals surface area contributed by atoms with E-state index in [2.05, 4.69) is 30.1 Å². The van der Waals surface area contributed by atoms with Crippen molar-refractivity contribution >= 4 is 17.1 Å². The maximum Gasteiger partial charge on any atom is 0.0820 e. The highest BCUT2D eigenvalue weighted by molar-refractivity contribution is 6.50. The van der Waals surface area contributed by atoms with Crippen LogP contribution in [0.25, 0.3) is 0 Å². The van der Waals surface area contributed by atoms with E-state index in [1.54, 1.807) is 7.05 Å². The van der Waals surface area contributed by atoms with E-state index in [-0.39, 0.29) is 0 Å². The summed E-state index contributed by atoms with van der Waals surface area (Å²) in [5, 5.41) is 7.90. The number of aryl methyl sites for hydroxylation is 2. The van der Waals surface area contributed by atoms with Crippen LogP contribution < -0.4 is 0 Å². The molecule has 1 aromatic rings. The third-order valence-electron chi connectivity index (χ3n) is 4.21. The van der Waals surface area contributed by atoms with Gasteiger partial charge >= 0.3 is 0 Å². The molecule has 0 heterocycles. The van der Waals surface area contributed by atoms with E-state index in [4.69, 9.17) is 10.4 Å². The van der Waals surface area contributed by atoms with Gasteiger partial charge in [-0.3, -0.25) is 15.4 Å². The van der Waals surface area contributed by atoms with Crippen LogP contribution in [0, 0.1) is 12.3 Å². The van der Waals surface area contributed by atoms with Crippen molar-refractivity contribution in [1.29, 1.82) is 5.41 Å². The lowest BCUT2D eigenvalue weighted by Gasteiger charge is -2.08. The zero-order valence-corrected chi connectivity index (χ0v) is 13.2. The van der Waals surface area contributed by atoms with Crippen LogP contribution in [0.4, 0.5) is 0 Å². The van der Waals surface area contributed by atoms with Crippen molar-refractivity contribution in [3.05, 3.63) is 58.7 Å². The van der Waals surface area contributed by atoms with E-state index in [1.807, 2.05) is 18.2 Å². The number of fused-ring (bicyclic) bond motifs is 1. The fourth-order valence-corrected chi connectivity index (χ4v) is 2.98. The zero-order chi connectivity index (χ0) is 15.5. The van der Waals surface area contributed by atoms with E-state index < -0.39 is 0 Å². The van der Waals surface area contributed by atoms with Gasteiger partial charge in [-0.2, -0.15) is 0 Å². The summed E-state index contributed by atoms with van der Waals surface area (Å²) in [6, 6.07) is 6.66. The molecule has 0 saturated carbocycles. The van der Waals surface area contributed by atoms with Gasteiger partial charge in [0.1, 0.15) is 0 Å². The number of nitrogens with one attached hydrogen (secondary N) is 1. The van der Waals surface area contributed by atoms with Crippen molar-refractivity contribution in [2.75, 3.05) is 13.6 Å². The Hall–Kier alpha value is -2.29. The predicted octanol–water partition coefficient (Wildman–Crippen LogP) is 3.71. The molecule has 0 fully saturated rings. The summed E-state index contributed by atoms with van der Waals surface area (Å²) in [6.07, 6.45) is 8.90. The second-order valence-corrected chi connectivity index (χ2v) is 5.81. The lowest BCUT2D eigenvalue weighted by molar-refractivity contribution is 0.963. The number of aliphatic imine (C=N–C) groups is 2. The molecule has 3 rings (SSSR count). The Bertz CT molecular complexity index is 733. The van der Waals surface area contributed by atoms with Gasteiger partial charge in [0.25, 0.3) is 0 Å². The summed E-state index contributed by atoms with van der Waals surface area (Å²) in [5.74, 6) is 0. The number of hydrogen-bond donors (Lipinski definition) is 1. The summed E-state index contributed by atoms with van der Waals surface area (Å²) < 4.78 is 0. The molecule has 0 spiro atoms. The highest BCUT2D eigenvalue weighted by Crippen LogP contribution is 2.24. The summed E-state index contributed by atoms with van der Waals surface area (Å²) in [6.45, 7) is 2.91. The van der Waals surface area contributed by atoms with Crippen molar-refractivity contribution in [2.45, 2.75) is 26.2 Å². The summed E-state index contributed by atoms with van der Waals surface area (Å²) in [7, 11) is 1.72. The molecule has 1 aromatic carbocycles. The summed E-state index contributed by atoms with van der Waals surface area (Å²) >= 11 is 0. The Labute approximate surface area is 131 Å². The van der Waals surface area contributed by atoms with Gasteiger partial charge in [0.15, 0.2) is 0 Å². The van der Waals surface area contributed by atoms with Crippen LogP contribution in [0.2, 0.25) is 0 Å². The molecule has 0 atom stereocenters. The van der Waals surface area contributed by atoms with Gasteiger partial charge in [0.2, 0.25) is 0 Å². The monoisotopic (exact) mass is 291 g/mol. The normalized spacial score (nSPS) is 20.6. The van der Waals surface area contributed by atoms with E-state index in [1.165, 1.54) is 22.4 Å². The van der Waals surface area contributed by atoms with Crippen molar-refractivity contribution in [3.8, 4) is 0 Å². The first-order valence-electron chi connectivity index (χ1n) is 7.75. The Kier molecular flexibility index (Phi) is 4.14. The number of allylic oxidation sites excluding steroid dienone is 3. The largest absolute Gasteiger partial charge is 0.299 e. The molecular weight excluding hydrogens is 270 g/mol. The molecule has 0 saturated heterocycles. The maximum absolute atomic E-state index is 7.90. The van der Waals surface area contributed by atoms with E-state index in [0.717, 1.165) is 37.1 Å². The highest BCUT2D eigenvalue weighted by atomic mass is 14.7. The molecule has 0 unspecified atom stereocenters. The molecule has 0 radical (unpaired) electrons. The van der Waals surface area contributed by atoms with Gasteiger partial charge in [-0.15, -0.1) is 0 Å². The lowest BCUT2D eigenvalue weighted by atomic mass is 10.0. The highest BCUT2D eigenvalue weighted by Gasteiger charge is 2.17. The number of benzene rings is 1. The molecule has 2 aliphatic carbocycles. The number of rotatable bonds is 3. The fourth-order valence-electron chi connectivity index (χ4n) is 2.98. The van der Waals surface area contributed by atoms with Gasteiger partial charge in [0, 0.05) is 19.3 Å². The second kappa shape index (κ2) is 6.22. The molecule has 0 aliphatic heterocycles. The van der Waals surface area contributed by atoms with Gasteiger partial charge < -0.3 is 0 Å². The standard InChI is InChI=1S/C19H21N3/c1-13-3-5-15-6-8-18(16(15)11-13)22-10-9-14-4-7-19(21-2)17(20)12-14/h3-5,7,11-12,20H,6,8-10H2,1-2H3. The topological polar surface area (TPSA) is 48.6 Å². The average Bonchev–Trinajstić information content (AvgIpc) is 2.90. The molecular formula is C19H21N3. The van der Waals surface area contributed by atoms with Crippen molar-refractivity contribution in [3.63, 3.8) is 0 Å². The first kappa shape index (κ1) is 14.6. The Morgan fingerprint density at radius 3 is 2.82 bits per heavy atom. The second-order valence-electron chi connectivity index (χ2n) is 5.81. The SMILES string of the molecule is CN=C1C=CC(CCN=C2CCc3ccc(C)cc32)=CC1=N. The van der Waals surface area contributed by atoms with E-state index >= 15 is 0 Å². The quantitative estimate of drug-likeness (QED) is 0.825. The van der Waals surface area contributed by atoms with Gasteiger partial charge in [-0.25, -0.2) is 0 Å². The Morgan fingerprint density at radius 1 is 1.18 bits per heavy atom. The van der Waals surface area contributed by atoms with Crippen molar-refractivity contribution in [1.82, 2.24) is 0 Å². The fraction of sp³-hybridized carbons (Fsp3) is 0.316. The molecule has 1 N–H and O–H groups in total. The van der Waals surface area contributed by atoms with Crippen LogP contribution in [0.5, 0.6) is 0 Å². The van der Waals surface area contributed by atoms with Crippen LogP contribution in [-0.4, -0.2) is 30.7 Å². The first-order valence-corrected chi connectivity index (χ1v) is 7.75. The number of nitrogens with zero attached hydrogens (tertiary/aromatic N) is 2. The minimum atomic E-state index is 0.495. The Morgan fingerprint density at radius 2 is 2.05 bits per heavy atom. The molecule has 22 heavy (non-hydrogen) atoms. The summed E-state index contributed by atoms with van der Waals surface area (Å²) in [5.41, 5.74) is 7.69. The Balaban J connectivity index is 1.67. The van der Waals surface area contributed by atoms with Crippen molar-refractivity contribution in [2.24, 2.45) is 9.98 Å². The van der Waals surface area contributed by atoms with Gasteiger partial charge in [-0.1, -0.05) is 23.8 Å². The minimum Gasteiger partial charge on any atom is -0.299 e. The van der Waals surface area contributed by atoms with Crippen LogP contribution in [0.3, 0.4) is 0 Å². The molecule has 3 heteroatoms. The molecule has 3 nitrogen and oxygen atoms in total. The smallest absolute Gasteiger partial charge is 0.0820 e. The molecule has 0 amide bonds. The molecule has 0 aromatic heterocycles. The van der Waals surface area contributed by atoms with Crippen LogP contribution in [-0.2, 0) is 6.42 Å². The van der Waals surface area contributed by atoms with Crippen molar-refractivity contribution < 1.29 is 0 Å². The van der Waals surface area contributed by atoms with E-state index in [9.17, 15) is 0 Å². The lowest BCUT2D eigenvalue weighted by Crippen LogP contribution is -2.12. The average molecular weight is 291 g/mol. The first-order chi connectivity index (χ1) is 10.7. The molecule has 0 bridgehead atoms. The minimum absolute atomic E-state index is 0.495. The zero-order valence-electron chi connectivity index (χ0n) is 13.2. The summed E-state index contributed by atoms with van der Waals surface area (Å²) in [4.78, 5) is 8.88. The van der Waals surface area contributed by atoms with Crippen LogP contribution in [0.15, 0.2) is 52.0 Å².